The number of allylic oxidation sites excluding steroid dienone is 2. The van der Waals surface area contributed by atoms with E-state index in [0.29, 0.717) is 16.8 Å². The van der Waals surface area contributed by atoms with E-state index in [1.54, 1.807) is 31.2 Å². The summed E-state index contributed by atoms with van der Waals surface area (Å²) in [7, 11) is 0. The zero-order chi connectivity index (χ0) is 37.2. The van der Waals surface area contributed by atoms with Crippen molar-refractivity contribution >= 4 is 40.7 Å². The van der Waals surface area contributed by atoms with Gasteiger partial charge in [-0.2, -0.15) is 5.01 Å². The molecule has 0 bridgehead atoms. The molecule has 0 aromatic heterocycles. The Labute approximate surface area is 304 Å². The molecule has 2 N–H and O–H groups in total. The number of imide groups is 2. The molecule has 2 saturated heterocycles. The Bertz CT molecular complexity index is 2200. The molecule has 53 heavy (non-hydrogen) atoms. The molecule has 12 nitrogen and oxygen atoms in total. The van der Waals surface area contributed by atoms with Gasteiger partial charge in [0.25, 0.3) is 17.5 Å². The van der Waals surface area contributed by atoms with Gasteiger partial charge in [-0.25, -0.2) is 0 Å². The number of hydrogen-bond donors (Lipinski definition) is 2. The minimum Gasteiger partial charge on any atom is -0.504 e. The van der Waals surface area contributed by atoms with E-state index in [0.717, 1.165) is 21.0 Å². The van der Waals surface area contributed by atoms with Crippen molar-refractivity contribution < 1.29 is 33.9 Å². The molecule has 268 valence electrons. The molecule has 4 amide bonds. The average molecular weight is 713 g/mol. The van der Waals surface area contributed by atoms with Crippen molar-refractivity contribution in [2.24, 2.45) is 23.7 Å². The minimum atomic E-state index is -1.48. The number of carbonyl (C=O) groups is 4. The molecule has 6 atom stereocenters. The van der Waals surface area contributed by atoms with E-state index in [9.17, 15) is 29.6 Å². The second-order valence-electron chi connectivity index (χ2n) is 14.0. The van der Waals surface area contributed by atoms with Crippen LogP contribution in [-0.2, 0) is 24.6 Å². The number of nitrogens with zero attached hydrogens (tertiary/aromatic N) is 3. The quantitative estimate of drug-likeness (QED) is 0.0939. The SMILES string of the molecule is CCOc1cc(C2C3=CCC4C(=O)N(c5ccc([N+](=O)[O-])cc5)C(=O)C4C3CC3C(=O)N(Nc4ccc(C)cc4)C(=O)C32c2ccccc2)ccc1O. The van der Waals surface area contributed by atoms with Gasteiger partial charge < -0.3 is 9.84 Å². The molecule has 0 radical (unpaired) electrons. The van der Waals surface area contributed by atoms with Gasteiger partial charge in [-0.15, -0.1) is 0 Å². The number of phenols is 1. The van der Waals surface area contributed by atoms with Crippen LogP contribution in [0.1, 0.15) is 42.4 Å². The third kappa shape index (κ3) is 5.11. The fourth-order valence-electron chi connectivity index (χ4n) is 9.08. The number of ether oxygens (including phenoxy) is 1. The standard InChI is InChI=1S/C41H36N4O8/c1-3-53-34-21-24(11-20-33(34)46)36-29-18-19-30-35(39(49)43(37(30)47)27-14-16-28(17-15-27)45(51)52)31(29)22-32-38(48)44(42-26-12-9-23(2)10-13-26)40(50)41(32,36)25-7-5-4-6-8-25/h4-18,20-21,30-32,35-36,42,46H,3,19,22H2,1-2H3. The van der Waals surface area contributed by atoms with Crippen LogP contribution < -0.4 is 15.1 Å². The van der Waals surface area contributed by atoms with E-state index in [-0.39, 0.29) is 42.3 Å². The largest absolute Gasteiger partial charge is 0.504 e. The second-order valence-corrected chi connectivity index (χ2v) is 14.0. The molecule has 0 spiro atoms. The van der Waals surface area contributed by atoms with Crippen LogP contribution in [0, 0.1) is 40.7 Å². The van der Waals surface area contributed by atoms with E-state index in [1.807, 2.05) is 55.5 Å². The number of nitro groups is 1. The molecule has 8 rings (SSSR count). The van der Waals surface area contributed by atoms with Crippen LogP contribution in [0.4, 0.5) is 17.1 Å². The smallest absolute Gasteiger partial charge is 0.269 e. The zero-order valence-electron chi connectivity index (χ0n) is 29.0. The van der Waals surface area contributed by atoms with Crippen molar-refractivity contribution in [1.82, 2.24) is 5.01 Å². The maximum Gasteiger partial charge on any atom is 0.269 e. The monoisotopic (exact) mass is 712 g/mol. The van der Waals surface area contributed by atoms with Crippen LogP contribution in [0.25, 0.3) is 0 Å². The van der Waals surface area contributed by atoms with Crippen molar-refractivity contribution in [1.29, 1.82) is 0 Å². The van der Waals surface area contributed by atoms with E-state index < -0.39 is 63.6 Å². The maximum absolute atomic E-state index is 15.3. The van der Waals surface area contributed by atoms with Crippen LogP contribution >= 0.6 is 0 Å². The summed E-state index contributed by atoms with van der Waals surface area (Å²) in [4.78, 5) is 70.5. The Morgan fingerprint density at radius 2 is 1.62 bits per heavy atom. The third-order valence-corrected chi connectivity index (χ3v) is 11.3. The van der Waals surface area contributed by atoms with Gasteiger partial charge in [0.15, 0.2) is 11.5 Å². The van der Waals surface area contributed by atoms with Crippen molar-refractivity contribution in [3.05, 3.63) is 136 Å². The Balaban J connectivity index is 1.30. The average Bonchev–Trinajstić information content (AvgIpc) is 3.54. The lowest BCUT2D eigenvalue weighted by Crippen LogP contribution is -2.53. The van der Waals surface area contributed by atoms with Gasteiger partial charge in [0.2, 0.25) is 11.8 Å². The molecule has 4 aromatic carbocycles. The first-order valence-electron chi connectivity index (χ1n) is 17.6. The lowest BCUT2D eigenvalue weighted by molar-refractivity contribution is -0.384. The summed E-state index contributed by atoms with van der Waals surface area (Å²) in [6.07, 6.45) is 2.27. The van der Waals surface area contributed by atoms with Crippen LogP contribution in [0.5, 0.6) is 11.5 Å². The topological polar surface area (TPSA) is 159 Å². The molecule has 2 heterocycles. The summed E-state index contributed by atoms with van der Waals surface area (Å²) in [6.45, 7) is 4.00. The molecule has 6 unspecified atom stereocenters. The van der Waals surface area contributed by atoms with Crippen molar-refractivity contribution in [3.63, 3.8) is 0 Å². The molecule has 4 aliphatic rings. The maximum atomic E-state index is 15.3. The Morgan fingerprint density at radius 3 is 2.30 bits per heavy atom. The van der Waals surface area contributed by atoms with E-state index in [2.05, 4.69) is 5.43 Å². The summed E-state index contributed by atoms with van der Waals surface area (Å²) >= 11 is 0. The number of amides is 4. The molecule has 2 aliphatic carbocycles. The summed E-state index contributed by atoms with van der Waals surface area (Å²) in [5.41, 5.74) is 5.21. The lowest BCUT2D eigenvalue weighted by Gasteiger charge is -2.50. The van der Waals surface area contributed by atoms with Gasteiger partial charge in [-0.1, -0.05) is 65.7 Å². The van der Waals surface area contributed by atoms with Gasteiger partial charge in [0, 0.05) is 18.1 Å². The predicted octanol–water partition coefficient (Wildman–Crippen LogP) is 6.20. The number of anilines is 2. The highest BCUT2D eigenvalue weighted by Gasteiger charge is 2.70. The van der Waals surface area contributed by atoms with Crippen LogP contribution in [0.3, 0.4) is 0 Å². The normalized spacial score (nSPS) is 26.2. The predicted molar refractivity (Wildman–Crippen MR) is 194 cm³/mol. The molecular weight excluding hydrogens is 676 g/mol. The van der Waals surface area contributed by atoms with Crippen LogP contribution in [0.15, 0.2) is 109 Å². The van der Waals surface area contributed by atoms with Gasteiger partial charge >= 0.3 is 0 Å². The fraction of sp³-hybridized carbons (Fsp3) is 0.268. The lowest BCUT2D eigenvalue weighted by atomic mass is 9.49. The van der Waals surface area contributed by atoms with Crippen LogP contribution in [-0.4, -0.2) is 45.3 Å². The number of hydrogen-bond acceptors (Lipinski definition) is 9. The van der Waals surface area contributed by atoms with Gasteiger partial charge in [0.05, 0.1) is 46.1 Å². The number of nitrogens with one attached hydrogen (secondary N) is 1. The Hall–Kier alpha value is -6.30. The van der Waals surface area contributed by atoms with Crippen molar-refractivity contribution in [3.8, 4) is 11.5 Å². The molecule has 4 aromatic rings. The number of non-ortho nitro benzene ring substituents is 1. The van der Waals surface area contributed by atoms with Crippen molar-refractivity contribution in [2.75, 3.05) is 16.9 Å². The zero-order valence-corrected chi connectivity index (χ0v) is 29.0. The van der Waals surface area contributed by atoms with Gasteiger partial charge in [-0.05, 0) is 80.1 Å². The highest BCUT2D eigenvalue weighted by Crippen LogP contribution is 2.64. The van der Waals surface area contributed by atoms with E-state index >= 15 is 4.79 Å². The number of aryl methyl sites for hydroxylation is 1. The van der Waals surface area contributed by atoms with Gasteiger partial charge in [0.1, 0.15) is 0 Å². The number of benzene rings is 4. The summed E-state index contributed by atoms with van der Waals surface area (Å²) in [6, 6.07) is 26.7. The van der Waals surface area contributed by atoms with E-state index in [4.69, 9.17) is 4.74 Å². The summed E-state index contributed by atoms with van der Waals surface area (Å²) in [5.74, 6) is -5.61. The number of hydrazine groups is 1. The first kappa shape index (κ1) is 33.8. The number of fused-ring (bicyclic) bond motifs is 4. The highest BCUT2D eigenvalue weighted by atomic mass is 16.6. The number of aromatic hydroxyl groups is 1. The highest BCUT2D eigenvalue weighted by molar-refractivity contribution is 6.22. The molecule has 3 fully saturated rings. The number of carbonyl (C=O) groups excluding carboxylic acids is 4. The van der Waals surface area contributed by atoms with Crippen molar-refractivity contribution in [2.45, 2.75) is 38.0 Å². The van der Waals surface area contributed by atoms with E-state index in [1.165, 1.54) is 30.3 Å². The Morgan fingerprint density at radius 1 is 0.906 bits per heavy atom. The third-order valence-electron chi connectivity index (χ3n) is 11.3. The first-order chi connectivity index (χ1) is 25.6. The fourth-order valence-corrected chi connectivity index (χ4v) is 9.08. The molecule has 12 heteroatoms. The van der Waals surface area contributed by atoms with Gasteiger partial charge in [-0.3, -0.25) is 39.6 Å². The molecule has 1 saturated carbocycles. The minimum absolute atomic E-state index is 0.0854. The summed E-state index contributed by atoms with van der Waals surface area (Å²) in [5, 5.41) is 23.2. The summed E-state index contributed by atoms with van der Waals surface area (Å²) < 4.78 is 5.81. The molecular formula is C41H36N4O8. The molecule has 2 aliphatic heterocycles. The Kier molecular flexibility index (Phi) is 8.12. The first-order valence-corrected chi connectivity index (χ1v) is 17.6. The van der Waals surface area contributed by atoms with Crippen LogP contribution in [0.2, 0.25) is 0 Å². The number of nitro benzene ring substituents is 1. The number of phenolic OH excluding ortho intramolecular Hbond substituents is 1. The second kappa shape index (κ2) is 12.7. The number of rotatable bonds is 8.